The third-order valence-corrected chi connectivity index (χ3v) is 3.88. The van der Waals surface area contributed by atoms with E-state index in [0.717, 1.165) is 11.1 Å². The van der Waals surface area contributed by atoms with Crippen LogP contribution in [0.1, 0.15) is 5.56 Å². The van der Waals surface area contributed by atoms with Gasteiger partial charge in [0.25, 0.3) is 0 Å². The smallest absolute Gasteiger partial charge is 0.216 e. The van der Waals surface area contributed by atoms with Crippen LogP contribution in [0.4, 0.5) is 0 Å². The minimum Gasteiger partial charge on any atom is -0.250 e. The van der Waals surface area contributed by atoms with Crippen molar-refractivity contribution in [2.75, 3.05) is 0 Å². The van der Waals surface area contributed by atoms with Crippen LogP contribution in [0.5, 0.6) is 0 Å². The van der Waals surface area contributed by atoms with E-state index in [0.29, 0.717) is 20.7 Å². The van der Waals surface area contributed by atoms with Crippen molar-refractivity contribution in [2.24, 2.45) is 5.10 Å². The molecular formula is C17H12Cl2N4S. The fourth-order valence-corrected chi connectivity index (χ4v) is 2.52. The van der Waals surface area contributed by atoms with E-state index in [1.807, 2.05) is 48.5 Å². The molecule has 0 aliphatic rings. The highest BCUT2D eigenvalue weighted by atomic mass is 35.5. The highest BCUT2D eigenvalue weighted by Crippen LogP contribution is 2.20. The van der Waals surface area contributed by atoms with Crippen LogP contribution in [0, 0.1) is 4.77 Å². The van der Waals surface area contributed by atoms with Gasteiger partial charge in [-0.15, -0.1) is 0 Å². The second-order valence-electron chi connectivity index (χ2n) is 4.86. The Morgan fingerprint density at radius 2 is 1.83 bits per heavy atom. The lowest BCUT2D eigenvalue weighted by molar-refractivity contribution is 0.872. The summed E-state index contributed by atoms with van der Waals surface area (Å²) in [5, 5.41) is 12.4. The molecule has 1 heterocycles. The van der Waals surface area contributed by atoms with Crippen LogP contribution in [0.25, 0.3) is 17.5 Å². The summed E-state index contributed by atoms with van der Waals surface area (Å²) in [7, 11) is 0. The van der Waals surface area contributed by atoms with Gasteiger partial charge in [0.05, 0.1) is 11.2 Å². The van der Waals surface area contributed by atoms with Gasteiger partial charge in [-0.25, -0.2) is 5.10 Å². The molecule has 24 heavy (non-hydrogen) atoms. The number of allylic oxidation sites excluding steroid dienone is 1. The van der Waals surface area contributed by atoms with Gasteiger partial charge in [-0.3, -0.25) is 0 Å². The normalized spacial score (nSPS) is 12.0. The second-order valence-corrected chi connectivity index (χ2v) is 6.12. The van der Waals surface area contributed by atoms with Gasteiger partial charge in [0.1, 0.15) is 0 Å². The predicted octanol–water partition coefficient (Wildman–Crippen LogP) is 5.37. The quantitative estimate of drug-likeness (QED) is 0.492. The minimum absolute atomic E-state index is 0.375. The van der Waals surface area contributed by atoms with E-state index in [1.165, 1.54) is 10.9 Å². The summed E-state index contributed by atoms with van der Waals surface area (Å²) in [6.45, 7) is 0. The SMILES string of the molecule is S=c1[nH]nc(-c2ccc(Cl)cc2)n1/N=C/C(Cl)=C/c1ccccc1. The zero-order valence-corrected chi connectivity index (χ0v) is 14.7. The zero-order chi connectivity index (χ0) is 16.9. The number of aromatic amines is 1. The lowest BCUT2D eigenvalue weighted by Gasteiger charge is -2.01. The predicted molar refractivity (Wildman–Crippen MR) is 102 cm³/mol. The summed E-state index contributed by atoms with van der Waals surface area (Å²) in [6.07, 6.45) is 3.34. The summed E-state index contributed by atoms with van der Waals surface area (Å²) in [5.41, 5.74) is 1.83. The van der Waals surface area contributed by atoms with Gasteiger partial charge in [0, 0.05) is 10.6 Å². The molecule has 0 aliphatic carbocycles. The van der Waals surface area contributed by atoms with Gasteiger partial charge in [-0.05, 0) is 48.1 Å². The molecule has 4 nitrogen and oxygen atoms in total. The van der Waals surface area contributed by atoms with Gasteiger partial charge in [0.2, 0.25) is 4.77 Å². The van der Waals surface area contributed by atoms with Crippen molar-refractivity contribution in [3.05, 3.63) is 75.0 Å². The number of H-pyrrole nitrogens is 1. The van der Waals surface area contributed by atoms with E-state index < -0.39 is 0 Å². The highest BCUT2D eigenvalue weighted by Gasteiger charge is 2.07. The van der Waals surface area contributed by atoms with E-state index >= 15 is 0 Å². The summed E-state index contributed by atoms with van der Waals surface area (Å²) >= 11 is 17.4. The number of rotatable bonds is 4. The monoisotopic (exact) mass is 374 g/mol. The molecule has 0 radical (unpaired) electrons. The van der Waals surface area contributed by atoms with Crippen LogP contribution in [-0.4, -0.2) is 21.1 Å². The van der Waals surface area contributed by atoms with Crippen LogP contribution < -0.4 is 0 Å². The first kappa shape index (κ1) is 16.6. The van der Waals surface area contributed by atoms with Crippen molar-refractivity contribution in [3.63, 3.8) is 0 Å². The van der Waals surface area contributed by atoms with Crippen LogP contribution >= 0.6 is 35.4 Å². The van der Waals surface area contributed by atoms with Gasteiger partial charge in [-0.2, -0.15) is 14.9 Å². The molecule has 1 N–H and O–H groups in total. The number of nitrogens with zero attached hydrogens (tertiary/aromatic N) is 3. The maximum atomic E-state index is 6.22. The van der Waals surface area contributed by atoms with Gasteiger partial charge >= 0.3 is 0 Å². The third-order valence-electron chi connectivity index (χ3n) is 3.15. The Morgan fingerprint density at radius 3 is 2.54 bits per heavy atom. The van der Waals surface area contributed by atoms with E-state index in [2.05, 4.69) is 15.3 Å². The minimum atomic E-state index is 0.375. The molecule has 2 aromatic carbocycles. The van der Waals surface area contributed by atoms with E-state index in [-0.39, 0.29) is 0 Å². The highest BCUT2D eigenvalue weighted by molar-refractivity contribution is 7.71. The first-order valence-electron chi connectivity index (χ1n) is 7.03. The van der Waals surface area contributed by atoms with Crippen molar-refractivity contribution in [3.8, 4) is 11.4 Å². The van der Waals surface area contributed by atoms with Crippen molar-refractivity contribution >= 4 is 47.7 Å². The van der Waals surface area contributed by atoms with Crippen molar-refractivity contribution in [1.82, 2.24) is 14.9 Å². The number of aromatic nitrogens is 3. The van der Waals surface area contributed by atoms with E-state index in [1.54, 1.807) is 12.1 Å². The molecule has 1 aromatic heterocycles. The number of hydrogen-bond donors (Lipinski definition) is 1. The molecule has 0 saturated carbocycles. The molecule has 3 aromatic rings. The van der Waals surface area contributed by atoms with Gasteiger partial charge in [-0.1, -0.05) is 53.5 Å². The van der Waals surface area contributed by atoms with Crippen LogP contribution in [-0.2, 0) is 0 Å². The summed E-state index contributed by atoms with van der Waals surface area (Å²) < 4.78 is 1.89. The van der Waals surface area contributed by atoms with Crippen molar-refractivity contribution in [2.45, 2.75) is 0 Å². The summed E-state index contributed by atoms with van der Waals surface area (Å²) in [4.78, 5) is 0. The maximum Gasteiger partial charge on any atom is 0.216 e. The van der Waals surface area contributed by atoms with Crippen molar-refractivity contribution in [1.29, 1.82) is 0 Å². The van der Waals surface area contributed by atoms with E-state index in [4.69, 9.17) is 35.4 Å². The second kappa shape index (κ2) is 7.57. The Balaban J connectivity index is 1.90. The van der Waals surface area contributed by atoms with Gasteiger partial charge in [0.15, 0.2) is 5.82 Å². The third kappa shape index (κ3) is 4.00. The molecule has 0 amide bonds. The topological polar surface area (TPSA) is 46.0 Å². The van der Waals surface area contributed by atoms with Gasteiger partial charge < -0.3 is 0 Å². The first-order chi connectivity index (χ1) is 11.6. The molecule has 0 fully saturated rings. The van der Waals surface area contributed by atoms with Crippen LogP contribution in [0.3, 0.4) is 0 Å². The molecule has 0 atom stereocenters. The largest absolute Gasteiger partial charge is 0.250 e. The standard InChI is InChI=1S/C17H12Cl2N4S/c18-14-8-6-13(7-9-14)16-21-22-17(24)23(16)20-11-15(19)10-12-4-2-1-3-5-12/h1-11H,(H,22,24)/b15-10-,20-11+. The molecule has 120 valence electrons. The molecule has 0 bridgehead atoms. The molecule has 0 spiro atoms. The Bertz CT molecular complexity index is 941. The number of nitrogens with one attached hydrogen (secondary N) is 1. The van der Waals surface area contributed by atoms with Crippen LogP contribution in [0.2, 0.25) is 5.02 Å². The fraction of sp³-hybridized carbons (Fsp3) is 0. The Labute approximate surface area is 154 Å². The molecule has 7 heteroatoms. The Morgan fingerprint density at radius 1 is 1.12 bits per heavy atom. The first-order valence-corrected chi connectivity index (χ1v) is 8.20. The molecular weight excluding hydrogens is 363 g/mol. The lowest BCUT2D eigenvalue weighted by Crippen LogP contribution is -1.94. The van der Waals surface area contributed by atoms with Crippen molar-refractivity contribution < 1.29 is 0 Å². The van der Waals surface area contributed by atoms with Crippen LogP contribution in [0.15, 0.2) is 64.7 Å². The number of halogens is 2. The Kier molecular flexibility index (Phi) is 5.25. The average molecular weight is 375 g/mol. The molecule has 0 saturated heterocycles. The number of hydrogen-bond acceptors (Lipinski definition) is 3. The zero-order valence-electron chi connectivity index (χ0n) is 12.4. The Hall–Kier alpha value is -2.21. The van der Waals surface area contributed by atoms with E-state index in [9.17, 15) is 0 Å². The summed E-state index contributed by atoms with van der Waals surface area (Å²) in [6, 6.07) is 17.0. The number of benzene rings is 2. The molecule has 0 aliphatic heterocycles. The lowest BCUT2D eigenvalue weighted by atomic mass is 10.2. The average Bonchev–Trinajstić information content (AvgIpc) is 2.95. The maximum absolute atomic E-state index is 6.22. The summed E-state index contributed by atoms with van der Waals surface area (Å²) in [5.74, 6) is 0.581. The molecule has 3 rings (SSSR count). The molecule has 0 unspecified atom stereocenters. The fourth-order valence-electron chi connectivity index (χ4n) is 2.04.